The van der Waals surface area contributed by atoms with E-state index in [2.05, 4.69) is 10.6 Å². The van der Waals surface area contributed by atoms with Crippen LogP contribution in [0, 0.1) is 5.92 Å². The molecule has 0 aromatic heterocycles. The van der Waals surface area contributed by atoms with Crippen LogP contribution < -0.4 is 15.4 Å². The van der Waals surface area contributed by atoms with Crippen molar-refractivity contribution in [2.24, 2.45) is 5.92 Å². The summed E-state index contributed by atoms with van der Waals surface area (Å²) in [6.45, 7) is 2.90. The lowest BCUT2D eigenvalue weighted by atomic mass is 9.97. The molecule has 1 aliphatic heterocycles. The van der Waals surface area contributed by atoms with E-state index in [1.54, 1.807) is 24.3 Å². The van der Waals surface area contributed by atoms with Crippen LogP contribution in [0.25, 0.3) is 0 Å². The van der Waals surface area contributed by atoms with Crippen molar-refractivity contribution in [1.82, 2.24) is 10.2 Å². The van der Waals surface area contributed by atoms with Crippen molar-refractivity contribution in [3.05, 3.63) is 24.3 Å². The van der Waals surface area contributed by atoms with Crippen molar-refractivity contribution in [2.75, 3.05) is 38.1 Å². The Bertz CT molecular complexity index is 541. The summed E-state index contributed by atoms with van der Waals surface area (Å²) in [5.74, 6) is 0.939. The molecular weight excluding hydrogens is 335 g/mol. The fraction of sp³-hybridized carbons (Fsp3) is 0.588. The molecule has 25 heavy (non-hydrogen) atoms. The van der Waals surface area contributed by atoms with E-state index in [0.29, 0.717) is 44.8 Å². The number of carbonyl (C=O) groups excluding carboxylic acids is 1. The molecular formula is C17H24F3N3O2. The Balaban J connectivity index is 1.67. The number of nitrogens with one attached hydrogen (secondary N) is 2. The minimum Gasteiger partial charge on any atom is -0.494 e. The molecule has 0 bridgehead atoms. The van der Waals surface area contributed by atoms with Gasteiger partial charge in [-0.1, -0.05) is 0 Å². The van der Waals surface area contributed by atoms with Crippen LogP contribution in [0.2, 0.25) is 0 Å². The van der Waals surface area contributed by atoms with E-state index >= 15 is 0 Å². The van der Waals surface area contributed by atoms with Crippen molar-refractivity contribution in [1.29, 1.82) is 0 Å². The fourth-order valence-electron chi connectivity index (χ4n) is 2.82. The summed E-state index contributed by atoms with van der Waals surface area (Å²) in [6, 6.07) is 6.73. The number of piperidine rings is 1. The fourth-order valence-corrected chi connectivity index (χ4v) is 2.82. The molecule has 140 valence electrons. The molecule has 0 aliphatic carbocycles. The predicted molar refractivity (Wildman–Crippen MR) is 89.9 cm³/mol. The smallest absolute Gasteiger partial charge is 0.401 e. The third-order valence-corrected chi connectivity index (χ3v) is 4.08. The monoisotopic (exact) mass is 359 g/mol. The first kappa shape index (κ1) is 19.4. The van der Waals surface area contributed by atoms with Gasteiger partial charge >= 0.3 is 12.2 Å². The van der Waals surface area contributed by atoms with E-state index < -0.39 is 12.7 Å². The lowest BCUT2D eigenvalue weighted by Crippen LogP contribution is -2.43. The number of hydrogen-bond acceptors (Lipinski definition) is 3. The van der Waals surface area contributed by atoms with Gasteiger partial charge in [-0.15, -0.1) is 0 Å². The quantitative estimate of drug-likeness (QED) is 0.818. The van der Waals surface area contributed by atoms with E-state index in [1.165, 1.54) is 4.90 Å². The topological polar surface area (TPSA) is 53.6 Å². The molecule has 1 aromatic rings. The maximum Gasteiger partial charge on any atom is 0.401 e. The van der Waals surface area contributed by atoms with Crippen LogP contribution in [-0.2, 0) is 0 Å². The summed E-state index contributed by atoms with van der Waals surface area (Å²) in [6.07, 6.45) is -2.85. The first-order valence-corrected chi connectivity index (χ1v) is 8.42. The number of carbonyl (C=O) groups is 1. The number of nitrogens with zero attached hydrogens (tertiary/aromatic N) is 1. The van der Waals surface area contributed by atoms with Gasteiger partial charge in [-0.2, -0.15) is 13.2 Å². The highest BCUT2D eigenvalue weighted by Gasteiger charge is 2.32. The van der Waals surface area contributed by atoms with Crippen molar-refractivity contribution in [2.45, 2.75) is 25.9 Å². The molecule has 0 unspecified atom stereocenters. The van der Waals surface area contributed by atoms with Gasteiger partial charge in [-0.3, -0.25) is 4.90 Å². The maximum absolute atomic E-state index is 12.4. The second-order valence-electron chi connectivity index (χ2n) is 6.13. The summed E-state index contributed by atoms with van der Waals surface area (Å²) in [7, 11) is 0. The largest absolute Gasteiger partial charge is 0.494 e. The number of hydrogen-bond donors (Lipinski definition) is 2. The number of anilines is 1. The molecule has 1 heterocycles. The normalized spacial score (nSPS) is 16.5. The molecule has 2 N–H and O–H groups in total. The van der Waals surface area contributed by atoms with Gasteiger partial charge in [0.05, 0.1) is 13.2 Å². The Morgan fingerprint density at radius 3 is 2.44 bits per heavy atom. The molecule has 2 amide bonds. The number of alkyl halides is 3. The number of urea groups is 1. The number of ether oxygens (including phenoxy) is 1. The second kappa shape index (κ2) is 8.94. The van der Waals surface area contributed by atoms with Crippen molar-refractivity contribution in [3.63, 3.8) is 0 Å². The highest BCUT2D eigenvalue weighted by Crippen LogP contribution is 2.22. The molecule has 0 saturated carbocycles. The molecule has 0 radical (unpaired) electrons. The van der Waals surface area contributed by atoms with E-state index in [0.717, 1.165) is 5.75 Å². The van der Waals surface area contributed by atoms with Gasteiger partial charge in [0, 0.05) is 12.2 Å². The van der Waals surface area contributed by atoms with Crippen LogP contribution in [0.4, 0.5) is 23.7 Å². The zero-order valence-electron chi connectivity index (χ0n) is 14.2. The first-order chi connectivity index (χ1) is 11.9. The van der Waals surface area contributed by atoms with Crippen LogP contribution in [0.5, 0.6) is 5.75 Å². The third kappa shape index (κ3) is 7.21. The van der Waals surface area contributed by atoms with Crippen molar-refractivity contribution in [3.8, 4) is 5.75 Å². The molecule has 1 aromatic carbocycles. The summed E-state index contributed by atoms with van der Waals surface area (Å²) >= 11 is 0. The Kier molecular flexibility index (Phi) is 6.92. The minimum atomic E-state index is -4.15. The standard InChI is InChI=1S/C17H24F3N3O2/c1-2-25-15-5-3-14(4-6-15)22-16(24)21-11-13-7-9-23(10-8-13)12-17(18,19)20/h3-6,13H,2,7-12H2,1H3,(H2,21,22,24). The highest BCUT2D eigenvalue weighted by atomic mass is 19.4. The lowest BCUT2D eigenvalue weighted by Gasteiger charge is -2.32. The van der Waals surface area contributed by atoms with Gasteiger partial charge in [-0.05, 0) is 63.0 Å². The molecule has 0 spiro atoms. The SMILES string of the molecule is CCOc1ccc(NC(=O)NCC2CCN(CC(F)(F)F)CC2)cc1. The van der Waals surface area contributed by atoms with E-state index in [9.17, 15) is 18.0 Å². The van der Waals surface area contributed by atoms with Crippen LogP contribution in [0.15, 0.2) is 24.3 Å². The number of halogens is 3. The van der Waals surface area contributed by atoms with Gasteiger partial charge in [0.25, 0.3) is 0 Å². The molecule has 8 heteroatoms. The van der Waals surface area contributed by atoms with Crippen LogP contribution in [0.1, 0.15) is 19.8 Å². The van der Waals surface area contributed by atoms with E-state index in [1.807, 2.05) is 6.92 Å². The van der Waals surface area contributed by atoms with Crippen molar-refractivity contribution < 1.29 is 22.7 Å². The Morgan fingerprint density at radius 1 is 1.24 bits per heavy atom. The van der Waals surface area contributed by atoms with Crippen molar-refractivity contribution >= 4 is 11.7 Å². The van der Waals surface area contributed by atoms with Gasteiger partial charge in [0.15, 0.2) is 0 Å². The summed E-state index contributed by atoms with van der Waals surface area (Å²) in [5.41, 5.74) is 0.654. The van der Waals surface area contributed by atoms with Crippen LogP contribution >= 0.6 is 0 Å². The van der Waals surface area contributed by atoms with Gasteiger partial charge < -0.3 is 15.4 Å². The molecule has 1 saturated heterocycles. The number of amides is 2. The van der Waals surface area contributed by atoms with Gasteiger partial charge in [-0.25, -0.2) is 4.79 Å². The Labute approximate surface area is 145 Å². The molecule has 0 atom stereocenters. The average Bonchev–Trinajstić information content (AvgIpc) is 2.55. The predicted octanol–water partition coefficient (Wildman–Crippen LogP) is 3.48. The van der Waals surface area contributed by atoms with E-state index in [4.69, 9.17) is 4.74 Å². The number of benzene rings is 1. The summed E-state index contributed by atoms with van der Waals surface area (Å²) in [5, 5.41) is 5.51. The zero-order valence-corrected chi connectivity index (χ0v) is 14.2. The van der Waals surface area contributed by atoms with Gasteiger partial charge in [0.2, 0.25) is 0 Å². The average molecular weight is 359 g/mol. The minimum absolute atomic E-state index is 0.204. The zero-order chi connectivity index (χ0) is 18.3. The summed E-state index contributed by atoms with van der Waals surface area (Å²) < 4.78 is 42.4. The highest BCUT2D eigenvalue weighted by molar-refractivity contribution is 5.89. The Hall–Kier alpha value is -1.96. The third-order valence-electron chi connectivity index (χ3n) is 4.08. The maximum atomic E-state index is 12.4. The lowest BCUT2D eigenvalue weighted by molar-refractivity contribution is -0.148. The van der Waals surface area contributed by atoms with Crippen LogP contribution in [-0.4, -0.2) is 49.9 Å². The second-order valence-corrected chi connectivity index (χ2v) is 6.13. The molecule has 1 aliphatic rings. The summed E-state index contributed by atoms with van der Waals surface area (Å²) in [4.78, 5) is 13.3. The first-order valence-electron chi connectivity index (χ1n) is 8.42. The van der Waals surface area contributed by atoms with Crippen LogP contribution in [0.3, 0.4) is 0 Å². The Morgan fingerprint density at radius 2 is 1.88 bits per heavy atom. The number of likely N-dealkylation sites (tertiary alicyclic amines) is 1. The van der Waals surface area contributed by atoms with Gasteiger partial charge in [0.1, 0.15) is 5.75 Å². The number of rotatable bonds is 6. The molecule has 5 nitrogen and oxygen atoms in total. The van der Waals surface area contributed by atoms with E-state index in [-0.39, 0.29) is 11.9 Å². The molecule has 2 rings (SSSR count). The molecule has 1 fully saturated rings.